The second-order valence-corrected chi connectivity index (χ2v) is 12.8. The lowest BCUT2D eigenvalue weighted by Crippen LogP contribution is -2.55. The Balaban J connectivity index is 1.25. The number of esters is 1. The summed E-state index contributed by atoms with van der Waals surface area (Å²) in [4.78, 5) is 36.7. The number of anilines is 1. The van der Waals surface area contributed by atoms with Crippen LogP contribution < -0.4 is 4.90 Å². The summed E-state index contributed by atoms with van der Waals surface area (Å²) in [7, 11) is 1.36. The van der Waals surface area contributed by atoms with E-state index >= 15 is 0 Å². The molecular formula is C32H41FN6O4. The molecule has 43 heavy (non-hydrogen) atoms. The van der Waals surface area contributed by atoms with Gasteiger partial charge in [0.1, 0.15) is 11.4 Å². The molecule has 1 saturated carbocycles. The Morgan fingerprint density at radius 1 is 0.953 bits per heavy atom. The Morgan fingerprint density at radius 3 is 2.21 bits per heavy atom. The number of hydrogen-bond acceptors (Lipinski definition) is 8. The second kappa shape index (κ2) is 11.7. The first-order valence-electron chi connectivity index (χ1n) is 15.4. The van der Waals surface area contributed by atoms with Gasteiger partial charge in [-0.25, -0.2) is 23.6 Å². The molecule has 2 saturated heterocycles. The number of aromatic nitrogens is 3. The minimum atomic E-state index is -0.502. The molecule has 3 fully saturated rings. The topological polar surface area (TPSA) is 93.0 Å². The van der Waals surface area contributed by atoms with E-state index in [-0.39, 0.29) is 17.6 Å². The van der Waals surface area contributed by atoms with Crippen LogP contribution in [0.5, 0.6) is 0 Å². The molecule has 0 N–H and O–H groups in total. The van der Waals surface area contributed by atoms with Gasteiger partial charge >= 0.3 is 12.1 Å². The standard InChI is InChI=1S/C32H41FN6O4/c1-32(2,3)43-31(41)38-18-16-36(17-19-38)23-12-14-37(15-13-23)26-20-25(30(40)42-4)34-29-27(26)28(21-6-5-7-21)35-39(29)24-10-8-22(33)9-11-24/h8-11,20-21,23H,5-7,12-19H2,1-4H3. The van der Waals surface area contributed by atoms with E-state index in [0.29, 0.717) is 36.4 Å². The third-order valence-corrected chi connectivity index (χ3v) is 8.89. The third kappa shape index (κ3) is 6.04. The average Bonchev–Trinajstić information content (AvgIpc) is 3.34. The Hall–Kier alpha value is -3.73. The van der Waals surface area contributed by atoms with Crippen LogP contribution in [0.4, 0.5) is 14.9 Å². The first-order valence-corrected chi connectivity index (χ1v) is 15.4. The number of carbonyl (C=O) groups is 2. The van der Waals surface area contributed by atoms with Crippen molar-refractivity contribution in [3.63, 3.8) is 0 Å². The summed E-state index contributed by atoms with van der Waals surface area (Å²) in [5.74, 6) is -0.497. The molecule has 0 spiro atoms. The molecule has 0 atom stereocenters. The summed E-state index contributed by atoms with van der Waals surface area (Å²) in [5, 5.41) is 5.99. The van der Waals surface area contributed by atoms with Gasteiger partial charge in [0, 0.05) is 51.2 Å². The van der Waals surface area contributed by atoms with Gasteiger partial charge in [-0.2, -0.15) is 5.10 Å². The summed E-state index contributed by atoms with van der Waals surface area (Å²) in [6.45, 7) is 10.3. The number of piperidine rings is 1. The van der Waals surface area contributed by atoms with Gasteiger partial charge < -0.3 is 19.3 Å². The molecule has 1 amide bonds. The van der Waals surface area contributed by atoms with E-state index in [2.05, 4.69) is 9.80 Å². The van der Waals surface area contributed by atoms with E-state index in [4.69, 9.17) is 19.6 Å². The number of nitrogens with zero attached hydrogens (tertiary/aromatic N) is 6. The molecule has 10 nitrogen and oxygen atoms in total. The van der Waals surface area contributed by atoms with Crippen LogP contribution in [-0.2, 0) is 9.47 Å². The first-order chi connectivity index (χ1) is 20.6. The third-order valence-electron chi connectivity index (χ3n) is 8.89. The zero-order valence-corrected chi connectivity index (χ0v) is 25.5. The predicted octanol–water partition coefficient (Wildman–Crippen LogP) is 5.14. The van der Waals surface area contributed by atoms with Crippen molar-refractivity contribution in [3.8, 4) is 5.69 Å². The molecule has 0 unspecified atom stereocenters. The quantitative estimate of drug-likeness (QED) is 0.377. The van der Waals surface area contributed by atoms with Crippen molar-refractivity contribution in [2.75, 3.05) is 51.3 Å². The van der Waals surface area contributed by atoms with Crippen LogP contribution in [0.15, 0.2) is 30.3 Å². The van der Waals surface area contributed by atoms with Gasteiger partial charge in [0.2, 0.25) is 0 Å². The van der Waals surface area contributed by atoms with E-state index in [1.807, 2.05) is 26.8 Å². The van der Waals surface area contributed by atoms with Crippen LogP contribution in [0.25, 0.3) is 16.7 Å². The molecule has 4 heterocycles. The van der Waals surface area contributed by atoms with Gasteiger partial charge in [-0.3, -0.25) is 4.90 Å². The highest BCUT2D eigenvalue weighted by atomic mass is 19.1. The van der Waals surface area contributed by atoms with Gasteiger partial charge in [0.05, 0.1) is 29.6 Å². The van der Waals surface area contributed by atoms with Crippen LogP contribution in [0.3, 0.4) is 0 Å². The zero-order valence-electron chi connectivity index (χ0n) is 25.5. The average molecular weight is 593 g/mol. The predicted molar refractivity (Wildman–Crippen MR) is 161 cm³/mol. The number of pyridine rings is 1. The van der Waals surface area contributed by atoms with E-state index in [9.17, 15) is 14.0 Å². The lowest BCUT2D eigenvalue weighted by molar-refractivity contribution is 0.00901. The number of halogens is 1. The summed E-state index contributed by atoms with van der Waals surface area (Å²) in [6.07, 6.45) is 4.97. The molecule has 0 bridgehead atoms. The fourth-order valence-corrected chi connectivity index (χ4v) is 6.38. The number of methoxy groups -OCH3 is 1. The highest BCUT2D eigenvalue weighted by Gasteiger charge is 2.34. The van der Waals surface area contributed by atoms with E-state index in [0.717, 1.165) is 75.1 Å². The first kappa shape index (κ1) is 29.3. The Bertz CT molecular complexity index is 1480. The normalized spacial score (nSPS) is 19.0. The van der Waals surface area contributed by atoms with Gasteiger partial charge in [-0.15, -0.1) is 0 Å². The van der Waals surface area contributed by atoms with Crippen molar-refractivity contribution in [2.24, 2.45) is 0 Å². The van der Waals surface area contributed by atoms with Crippen LogP contribution in [0.1, 0.15) is 75.0 Å². The highest BCUT2D eigenvalue weighted by Crippen LogP contribution is 2.43. The van der Waals surface area contributed by atoms with E-state index in [1.165, 1.54) is 19.2 Å². The van der Waals surface area contributed by atoms with E-state index < -0.39 is 11.6 Å². The van der Waals surface area contributed by atoms with Crippen molar-refractivity contribution in [2.45, 2.75) is 70.4 Å². The Kier molecular flexibility index (Phi) is 8.02. The fourth-order valence-electron chi connectivity index (χ4n) is 6.38. The minimum Gasteiger partial charge on any atom is -0.464 e. The molecule has 11 heteroatoms. The molecule has 0 radical (unpaired) electrons. The van der Waals surface area contributed by atoms with Crippen LogP contribution in [0, 0.1) is 5.82 Å². The minimum absolute atomic E-state index is 0.230. The van der Waals surface area contributed by atoms with Crippen LogP contribution in [-0.4, -0.2) is 94.6 Å². The number of piperazine rings is 1. The van der Waals surface area contributed by atoms with Crippen LogP contribution in [0.2, 0.25) is 0 Å². The van der Waals surface area contributed by atoms with Gasteiger partial charge in [0.15, 0.2) is 11.3 Å². The van der Waals surface area contributed by atoms with Crippen LogP contribution >= 0.6 is 0 Å². The van der Waals surface area contributed by atoms with Crippen molar-refractivity contribution >= 4 is 28.8 Å². The molecule has 1 aromatic carbocycles. The molecule has 2 aliphatic heterocycles. The molecule has 6 rings (SSSR count). The summed E-state index contributed by atoms with van der Waals surface area (Å²) >= 11 is 0. The largest absolute Gasteiger partial charge is 0.464 e. The lowest BCUT2D eigenvalue weighted by atomic mass is 9.82. The number of benzene rings is 1. The molecule has 2 aromatic heterocycles. The van der Waals surface area contributed by atoms with Gasteiger partial charge in [-0.05, 0) is 76.8 Å². The number of ether oxygens (including phenoxy) is 2. The second-order valence-electron chi connectivity index (χ2n) is 12.8. The SMILES string of the molecule is COC(=O)c1cc(N2CCC(N3CCN(C(=O)OC(C)(C)C)CC3)CC2)c2c(C3CCC3)nn(-c3ccc(F)cc3)c2n1. The Labute approximate surface area is 251 Å². The molecule has 1 aliphatic carbocycles. The summed E-state index contributed by atoms with van der Waals surface area (Å²) in [5.41, 5.74) is 2.96. The monoisotopic (exact) mass is 592 g/mol. The van der Waals surface area contributed by atoms with E-state index in [1.54, 1.807) is 21.7 Å². The molecule has 3 aliphatic rings. The van der Waals surface area contributed by atoms with Gasteiger partial charge in [0.25, 0.3) is 0 Å². The molecule has 3 aromatic rings. The maximum atomic E-state index is 13.8. The maximum absolute atomic E-state index is 13.8. The number of carbonyl (C=O) groups excluding carboxylic acids is 2. The number of rotatable bonds is 5. The summed E-state index contributed by atoms with van der Waals surface area (Å²) < 4.78 is 26.2. The Morgan fingerprint density at radius 2 is 1.63 bits per heavy atom. The smallest absolute Gasteiger partial charge is 0.410 e. The fraction of sp³-hybridized carbons (Fsp3) is 0.562. The maximum Gasteiger partial charge on any atom is 0.410 e. The van der Waals surface area contributed by atoms with Crippen molar-refractivity contribution in [1.29, 1.82) is 0 Å². The zero-order chi connectivity index (χ0) is 30.3. The van der Waals surface area contributed by atoms with Crippen molar-refractivity contribution in [3.05, 3.63) is 47.5 Å². The number of hydrogen-bond donors (Lipinski definition) is 0. The van der Waals surface area contributed by atoms with Crippen molar-refractivity contribution in [1.82, 2.24) is 24.6 Å². The summed E-state index contributed by atoms with van der Waals surface area (Å²) in [6, 6.07) is 8.47. The number of fused-ring (bicyclic) bond motifs is 1. The number of amides is 1. The molecule has 230 valence electrons. The lowest BCUT2D eigenvalue weighted by Gasteiger charge is -2.43. The highest BCUT2D eigenvalue weighted by molar-refractivity contribution is 5.99. The van der Waals surface area contributed by atoms with Crippen molar-refractivity contribution < 1.29 is 23.5 Å². The van der Waals surface area contributed by atoms with Gasteiger partial charge in [-0.1, -0.05) is 6.42 Å². The molecular weight excluding hydrogens is 551 g/mol.